The highest BCUT2D eigenvalue weighted by atomic mass is 19.4. The lowest BCUT2D eigenvalue weighted by Gasteiger charge is -2.08. The Bertz CT molecular complexity index is 611. The summed E-state index contributed by atoms with van der Waals surface area (Å²) in [6.07, 6.45) is -4.53. The van der Waals surface area contributed by atoms with E-state index >= 15 is 0 Å². The van der Waals surface area contributed by atoms with Crippen molar-refractivity contribution in [3.63, 3.8) is 0 Å². The summed E-state index contributed by atoms with van der Waals surface area (Å²) in [6, 6.07) is 6.50. The van der Waals surface area contributed by atoms with Crippen LogP contribution >= 0.6 is 0 Å². The van der Waals surface area contributed by atoms with Crippen LogP contribution < -0.4 is 11.1 Å². The predicted octanol–water partition coefficient (Wildman–Crippen LogP) is 2.71. The number of rotatable bonds is 4. The van der Waals surface area contributed by atoms with Gasteiger partial charge in [0.2, 0.25) is 0 Å². The van der Waals surface area contributed by atoms with E-state index in [2.05, 4.69) is 15.5 Å². The molecule has 112 valence electrons. The highest BCUT2D eigenvalue weighted by Gasteiger charge is 2.32. The Morgan fingerprint density at radius 1 is 1.10 bits per heavy atom. The van der Waals surface area contributed by atoms with Crippen molar-refractivity contribution >= 4 is 5.82 Å². The summed E-state index contributed by atoms with van der Waals surface area (Å²) in [5, 5.41) is 9.17. The van der Waals surface area contributed by atoms with Crippen LogP contribution in [0, 0.1) is 5.82 Å². The van der Waals surface area contributed by atoms with Crippen LogP contribution in [0.5, 0.6) is 0 Å². The summed E-state index contributed by atoms with van der Waals surface area (Å²) in [4.78, 5) is 0. The van der Waals surface area contributed by atoms with Crippen molar-refractivity contribution in [3.05, 3.63) is 53.0 Å². The summed E-state index contributed by atoms with van der Waals surface area (Å²) < 4.78 is 50.6. The minimum atomic E-state index is -4.53. The standard InChI is InChI=1S/C13H12F4N4/c14-10-5-8(6-18)1-2-9(10)7-19-12-4-3-11(20-21-12)13(15,16)17/h1-5H,6-7,18H2,(H,19,21). The topological polar surface area (TPSA) is 63.8 Å². The molecule has 2 aromatic rings. The Morgan fingerprint density at radius 3 is 2.38 bits per heavy atom. The predicted molar refractivity (Wildman–Crippen MR) is 68.7 cm³/mol. The van der Waals surface area contributed by atoms with Gasteiger partial charge in [-0.25, -0.2) is 4.39 Å². The second-order valence-electron chi connectivity index (χ2n) is 4.29. The van der Waals surface area contributed by atoms with Crippen LogP contribution in [-0.2, 0) is 19.3 Å². The summed E-state index contributed by atoms with van der Waals surface area (Å²) in [5.74, 6) is -0.310. The molecule has 0 aliphatic carbocycles. The third kappa shape index (κ3) is 3.88. The number of nitrogens with one attached hydrogen (secondary N) is 1. The van der Waals surface area contributed by atoms with Crippen molar-refractivity contribution in [3.8, 4) is 0 Å². The van der Waals surface area contributed by atoms with Crippen LogP contribution in [0.15, 0.2) is 30.3 Å². The van der Waals surface area contributed by atoms with Gasteiger partial charge in [-0.1, -0.05) is 12.1 Å². The van der Waals surface area contributed by atoms with E-state index in [1.807, 2.05) is 0 Å². The van der Waals surface area contributed by atoms with Crippen LogP contribution in [0.3, 0.4) is 0 Å². The highest BCUT2D eigenvalue weighted by molar-refractivity contribution is 5.35. The molecule has 1 aromatic carbocycles. The molecule has 0 fully saturated rings. The summed E-state index contributed by atoms with van der Waals surface area (Å²) in [7, 11) is 0. The number of hydrogen-bond donors (Lipinski definition) is 2. The first-order valence-corrected chi connectivity index (χ1v) is 6.02. The van der Waals surface area contributed by atoms with E-state index in [0.717, 1.165) is 12.1 Å². The average molecular weight is 300 g/mol. The normalized spacial score (nSPS) is 11.5. The zero-order valence-electron chi connectivity index (χ0n) is 10.8. The maximum atomic E-state index is 13.7. The van der Waals surface area contributed by atoms with Crippen LogP contribution in [0.4, 0.5) is 23.4 Å². The number of anilines is 1. The molecule has 3 N–H and O–H groups in total. The van der Waals surface area contributed by atoms with Crippen LogP contribution in [0.1, 0.15) is 16.8 Å². The van der Waals surface area contributed by atoms with Gasteiger partial charge in [-0.15, -0.1) is 10.2 Å². The molecule has 8 heteroatoms. The number of alkyl halides is 3. The van der Waals surface area contributed by atoms with E-state index in [4.69, 9.17) is 5.73 Å². The molecule has 0 bridgehead atoms. The number of hydrogen-bond acceptors (Lipinski definition) is 4. The van der Waals surface area contributed by atoms with Crippen molar-refractivity contribution in [1.29, 1.82) is 0 Å². The lowest BCUT2D eigenvalue weighted by molar-refractivity contribution is -0.141. The fourth-order valence-corrected chi connectivity index (χ4v) is 1.62. The van der Waals surface area contributed by atoms with Gasteiger partial charge >= 0.3 is 6.18 Å². The molecular formula is C13H12F4N4. The van der Waals surface area contributed by atoms with E-state index < -0.39 is 17.7 Å². The molecule has 0 aliphatic heterocycles. The molecule has 0 saturated carbocycles. The monoisotopic (exact) mass is 300 g/mol. The van der Waals surface area contributed by atoms with E-state index in [0.29, 0.717) is 11.1 Å². The molecule has 1 heterocycles. The molecule has 0 unspecified atom stereocenters. The van der Waals surface area contributed by atoms with Crippen molar-refractivity contribution < 1.29 is 17.6 Å². The van der Waals surface area contributed by atoms with Gasteiger partial charge < -0.3 is 11.1 Å². The SMILES string of the molecule is NCc1ccc(CNc2ccc(C(F)(F)F)nn2)c(F)c1. The van der Waals surface area contributed by atoms with E-state index in [9.17, 15) is 17.6 Å². The molecule has 0 radical (unpaired) electrons. The lowest BCUT2D eigenvalue weighted by Crippen LogP contribution is -2.11. The fourth-order valence-electron chi connectivity index (χ4n) is 1.62. The maximum Gasteiger partial charge on any atom is 0.435 e. The lowest BCUT2D eigenvalue weighted by atomic mass is 10.1. The van der Waals surface area contributed by atoms with Gasteiger partial charge in [-0.05, 0) is 23.8 Å². The van der Waals surface area contributed by atoms with Crippen molar-refractivity contribution in [1.82, 2.24) is 10.2 Å². The fraction of sp³-hybridized carbons (Fsp3) is 0.231. The summed E-state index contributed by atoms with van der Waals surface area (Å²) in [5.41, 5.74) is 5.33. The molecule has 0 spiro atoms. The van der Waals surface area contributed by atoms with Crippen LogP contribution in [0.2, 0.25) is 0 Å². The Hall–Kier alpha value is -2.22. The molecule has 21 heavy (non-hydrogen) atoms. The van der Waals surface area contributed by atoms with E-state index in [1.54, 1.807) is 12.1 Å². The van der Waals surface area contributed by atoms with Crippen LogP contribution in [0.25, 0.3) is 0 Å². The number of aromatic nitrogens is 2. The zero-order chi connectivity index (χ0) is 15.5. The number of halogens is 4. The van der Waals surface area contributed by atoms with Gasteiger partial charge in [-0.2, -0.15) is 13.2 Å². The molecule has 1 aromatic heterocycles. The molecule has 2 rings (SSSR count). The Morgan fingerprint density at radius 2 is 1.86 bits per heavy atom. The first-order chi connectivity index (χ1) is 9.90. The van der Waals surface area contributed by atoms with Crippen LogP contribution in [-0.4, -0.2) is 10.2 Å². The second kappa shape index (κ2) is 6.04. The smallest absolute Gasteiger partial charge is 0.364 e. The van der Waals surface area contributed by atoms with Gasteiger partial charge in [0.05, 0.1) is 0 Å². The maximum absolute atomic E-state index is 13.7. The third-order valence-corrected chi connectivity index (χ3v) is 2.77. The molecule has 0 saturated heterocycles. The molecule has 0 atom stereocenters. The third-order valence-electron chi connectivity index (χ3n) is 2.77. The average Bonchev–Trinajstić information content (AvgIpc) is 2.45. The number of benzene rings is 1. The number of nitrogens with zero attached hydrogens (tertiary/aromatic N) is 2. The van der Waals surface area contributed by atoms with Crippen molar-refractivity contribution in [2.45, 2.75) is 19.3 Å². The first kappa shape index (κ1) is 15.2. The second-order valence-corrected chi connectivity index (χ2v) is 4.29. The largest absolute Gasteiger partial charge is 0.435 e. The molecule has 0 amide bonds. The number of nitrogens with two attached hydrogens (primary N) is 1. The Kier molecular flexibility index (Phi) is 4.37. The van der Waals surface area contributed by atoms with Gasteiger partial charge in [-0.3, -0.25) is 0 Å². The molecule has 4 nitrogen and oxygen atoms in total. The van der Waals surface area contributed by atoms with Crippen molar-refractivity contribution in [2.24, 2.45) is 5.73 Å². The van der Waals surface area contributed by atoms with Gasteiger partial charge in [0, 0.05) is 18.7 Å². The highest BCUT2D eigenvalue weighted by Crippen LogP contribution is 2.27. The van der Waals surface area contributed by atoms with Crippen molar-refractivity contribution in [2.75, 3.05) is 5.32 Å². The van der Waals surface area contributed by atoms with Gasteiger partial charge in [0.1, 0.15) is 11.6 Å². The minimum absolute atomic E-state index is 0.0801. The van der Waals surface area contributed by atoms with Gasteiger partial charge in [0.15, 0.2) is 5.69 Å². The van der Waals surface area contributed by atoms with Gasteiger partial charge in [0.25, 0.3) is 0 Å². The van der Waals surface area contributed by atoms with E-state index in [-0.39, 0.29) is 18.9 Å². The first-order valence-electron chi connectivity index (χ1n) is 6.02. The minimum Gasteiger partial charge on any atom is -0.364 e. The summed E-state index contributed by atoms with van der Waals surface area (Å²) >= 11 is 0. The summed E-state index contributed by atoms with van der Waals surface area (Å²) in [6.45, 7) is 0.311. The Balaban J connectivity index is 2.03. The Labute approximate surface area is 118 Å². The zero-order valence-corrected chi connectivity index (χ0v) is 10.8. The molecule has 0 aliphatic rings. The quantitative estimate of drug-likeness (QED) is 0.852. The van der Waals surface area contributed by atoms with E-state index in [1.165, 1.54) is 6.07 Å². The molecular weight excluding hydrogens is 288 g/mol.